The van der Waals surface area contributed by atoms with E-state index in [1.165, 1.54) is 6.08 Å². The van der Waals surface area contributed by atoms with Crippen LogP contribution in [0, 0.1) is 0 Å². The maximum atomic E-state index is 10.6. The fourth-order valence-corrected chi connectivity index (χ4v) is 1.62. The normalized spacial score (nSPS) is 10.9. The molecular weight excluding hydrogens is 444 g/mol. The van der Waals surface area contributed by atoms with E-state index >= 15 is 0 Å². The van der Waals surface area contributed by atoms with Gasteiger partial charge >= 0.3 is 29.8 Å². The Hall–Kier alpha value is -4.27. The molecule has 1 aliphatic heterocycles. The Morgan fingerprint density at radius 2 is 1.53 bits per heavy atom. The van der Waals surface area contributed by atoms with Crippen LogP contribution in [-0.2, 0) is 44.8 Å². The van der Waals surface area contributed by atoms with Crippen molar-refractivity contribution in [2.75, 3.05) is 6.61 Å². The highest BCUT2D eigenvalue weighted by molar-refractivity contribution is 6.05. The standard InChI is InChI=1S/C10H10O2.C7H12O2.C5H4O3.C3H4O2/c1-2-10(11)12-8-9-6-4-3-5-7-9;1-3-5-6-9-7(8)4-2;1-3-2-4(6)8-5(3)7;1-2-3(4)5/h2-7H,1,8H2;4H,2-3,5-6H2,1H3;1-2H2;2H,1H2,(H,4,5). The molecule has 1 aromatic rings. The Morgan fingerprint density at radius 3 is 1.88 bits per heavy atom. The molecule has 1 aliphatic rings. The van der Waals surface area contributed by atoms with Gasteiger partial charge in [-0.25, -0.2) is 19.2 Å². The topological polar surface area (TPSA) is 133 Å². The molecule has 1 N–H and O–H groups in total. The van der Waals surface area contributed by atoms with Crippen LogP contribution in [0.4, 0.5) is 0 Å². The van der Waals surface area contributed by atoms with E-state index in [0.29, 0.717) is 13.2 Å². The van der Waals surface area contributed by atoms with Gasteiger partial charge in [-0.3, -0.25) is 4.79 Å². The van der Waals surface area contributed by atoms with Crippen LogP contribution in [0.1, 0.15) is 31.7 Å². The summed E-state index contributed by atoms with van der Waals surface area (Å²) in [6.07, 6.45) is 5.20. The van der Waals surface area contributed by atoms with Gasteiger partial charge in [0.25, 0.3) is 0 Å². The first kappa shape index (κ1) is 31.9. The quantitative estimate of drug-likeness (QED) is 0.197. The number of aliphatic carboxylic acids is 1. The van der Waals surface area contributed by atoms with Gasteiger partial charge in [-0.1, -0.05) is 70.0 Å². The highest BCUT2D eigenvalue weighted by Gasteiger charge is 2.24. The third kappa shape index (κ3) is 19.7. The Labute approximate surface area is 199 Å². The zero-order chi connectivity index (χ0) is 26.4. The average molecular weight is 475 g/mol. The van der Waals surface area contributed by atoms with Gasteiger partial charge in [-0.05, 0) is 12.0 Å². The number of unbranched alkanes of at least 4 members (excludes halogenated alkanes) is 1. The number of carboxylic acid groups (broad SMARTS) is 1. The minimum atomic E-state index is -0.981. The maximum Gasteiger partial charge on any atom is 0.341 e. The van der Waals surface area contributed by atoms with Crippen molar-refractivity contribution >= 4 is 29.8 Å². The van der Waals surface area contributed by atoms with Crippen LogP contribution in [0.15, 0.2) is 80.4 Å². The fraction of sp³-hybridized carbons (Fsp3) is 0.240. The van der Waals surface area contributed by atoms with E-state index in [4.69, 9.17) is 9.84 Å². The van der Waals surface area contributed by atoms with Gasteiger partial charge in [-0.2, -0.15) is 0 Å². The van der Waals surface area contributed by atoms with E-state index < -0.39 is 17.9 Å². The van der Waals surface area contributed by atoms with Crippen LogP contribution in [0.5, 0.6) is 0 Å². The van der Waals surface area contributed by atoms with E-state index in [2.05, 4.69) is 35.8 Å². The van der Waals surface area contributed by atoms with Gasteiger partial charge in [-0.15, -0.1) is 0 Å². The lowest BCUT2D eigenvalue weighted by Gasteiger charge is -2.00. The van der Waals surface area contributed by atoms with Crippen LogP contribution in [-0.4, -0.2) is 41.6 Å². The minimum absolute atomic E-state index is 0.0544. The Balaban J connectivity index is 0. The first-order chi connectivity index (χ1) is 16.1. The molecular formula is C25H30O9. The molecule has 1 aromatic carbocycles. The predicted molar refractivity (Wildman–Crippen MR) is 125 cm³/mol. The van der Waals surface area contributed by atoms with Gasteiger partial charge in [0.05, 0.1) is 13.0 Å². The Kier molecular flexibility index (Phi) is 19.4. The Bertz CT molecular complexity index is 836. The lowest BCUT2D eigenvalue weighted by molar-refractivity contribution is -0.151. The van der Waals surface area contributed by atoms with Crippen molar-refractivity contribution in [1.82, 2.24) is 0 Å². The summed E-state index contributed by atoms with van der Waals surface area (Å²) in [6, 6.07) is 9.51. The summed E-state index contributed by atoms with van der Waals surface area (Å²) in [5, 5.41) is 7.60. The van der Waals surface area contributed by atoms with Crippen molar-refractivity contribution < 1.29 is 43.3 Å². The third-order valence-corrected chi connectivity index (χ3v) is 3.33. The summed E-state index contributed by atoms with van der Waals surface area (Å²) in [6.45, 7) is 15.7. The first-order valence-corrected chi connectivity index (χ1v) is 10.0. The van der Waals surface area contributed by atoms with Gasteiger partial charge < -0.3 is 19.3 Å². The SMILES string of the molecule is C=C1CC(=O)OC1=O.C=CC(=O)O.C=CC(=O)OCCCC.C=CC(=O)OCc1ccccc1. The van der Waals surface area contributed by atoms with Crippen molar-refractivity contribution in [3.05, 3.63) is 86.0 Å². The fourth-order valence-electron chi connectivity index (χ4n) is 1.62. The highest BCUT2D eigenvalue weighted by atomic mass is 16.6. The van der Waals surface area contributed by atoms with Crippen LogP contribution < -0.4 is 0 Å². The first-order valence-electron chi connectivity index (χ1n) is 10.0. The van der Waals surface area contributed by atoms with Crippen LogP contribution in [0.3, 0.4) is 0 Å². The molecule has 0 saturated carbocycles. The Morgan fingerprint density at radius 1 is 1.00 bits per heavy atom. The monoisotopic (exact) mass is 474 g/mol. The highest BCUT2D eigenvalue weighted by Crippen LogP contribution is 2.10. The number of carboxylic acids is 1. The number of carbonyl (C=O) groups excluding carboxylic acids is 4. The lowest BCUT2D eigenvalue weighted by Crippen LogP contribution is -2.00. The van der Waals surface area contributed by atoms with Crippen LogP contribution >= 0.6 is 0 Å². The molecule has 0 radical (unpaired) electrons. The smallest absolute Gasteiger partial charge is 0.341 e. The molecule has 2 rings (SSSR count). The molecule has 1 saturated heterocycles. The van der Waals surface area contributed by atoms with E-state index in [1.54, 1.807) is 0 Å². The summed E-state index contributed by atoms with van der Waals surface area (Å²) in [5.74, 6) is -2.79. The largest absolute Gasteiger partial charge is 0.478 e. The number of esters is 4. The molecule has 0 aliphatic carbocycles. The summed E-state index contributed by atoms with van der Waals surface area (Å²) >= 11 is 0. The molecule has 184 valence electrons. The van der Waals surface area contributed by atoms with Crippen molar-refractivity contribution in [2.45, 2.75) is 32.8 Å². The number of hydrogen-bond acceptors (Lipinski definition) is 8. The summed E-state index contributed by atoms with van der Waals surface area (Å²) in [4.78, 5) is 50.6. The van der Waals surface area contributed by atoms with Crippen LogP contribution in [0.25, 0.3) is 0 Å². The minimum Gasteiger partial charge on any atom is -0.478 e. The maximum absolute atomic E-state index is 10.6. The average Bonchev–Trinajstić information content (AvgIpc) is 3.13. The molecule has 9 nitrogen and oxygen atoms in total. The van der Waals surface area contributed by atoms with E-state index in [0.717, 1.165) is 30.6 Å². The van der Waals surface area contributed by atoms with Crippen molar-refractivity contribution in [1.29, 1.82) is 0 Å². The molecule has 1 heterocycles. The van der Waals surface area contributed by atoms with Gasteiger partial charge in [0.1, 0.15) is 6.61 Å². The van der Waals surface area contributed by atoms with Crippen molar-refractivity contribution in [3.8, 4) is 0 Å². The van der Waals surface area contributed by atoms with E-state index in [1.807, 2.05) is 37.3 Å². The number of cyclic esters (lactones) is 2. The molecule has 9 heteroatoms. The van der Waals surface area contributed by atoms with Gasteiger partial charge in [0, 0.05) is 23.8 Å². The van der Waals surface area contributed by atoms with Gasteiger partial charge in [0.15, 0.2) is 0 Å². The second-order valence-electron chi connectivity index (χ2n) is 6.11. The number of rotatable bonds is 8. The van der Waals surface area contributed by atoms with E-state index in [-0.39, 0.29) is 23.9 Å². The molecule has 0 spiro atoms. The van der Waals surface area contributed by atoms with Crippen molar-refractivity contribution in [3.63, 3.8) is 0 Å². The molecule has 0 unspecified atom stereocenters. The number of ether oxygens (including phenoxy) is 3. The number of carbonyl (C=O) groups is 5. The molecule has 1 fully saturated rings. The third-order valence-electron chi connectivity index (χ3n) is 3.33. The molecule has 0 amide bonds. The summed E-state index contributed by atoms with van der Waals surface area (Å²) in [7, 11) is 0. The summed E-state index contributed by atoms with van der Waals surface area (Å²) in [5.41, 5.74) is 1.22. The van der Waals surface area contributed by atoms with E-state index in [9.17, 15) is 24.0 Å². The summed E-state index contributed by atoms with van der Waals surface area (Å²) < 4.78 is 13.6. The van der Waals surface area contributed by atoms with Gasteiger partial charge in [0.2, 0.25) is 0 Å². The predicted octanol–water partition coefficient (Wildman–Crippen LogP) is 3.70. The number of benzene rings is 1. The zero-order valence-corrected chi connectivity index (χ0v) is 19.2. The van der Waals surface area contributed by atoms with Crippen LogP contribution in [0.2, 0.25) is 0 Å². The second kappa shape index (κ2) is 20.6. The molecule has 0 bridgehead atoms. The molecule has 0 aromatic heterocycles. The molecule has 0 atom stereocenters. The zero-order valence-electron chi connectivity index (χ0n) is 19.2. The van der Waals surface area contributed by atoms with Crippen molar-refractivity contribution in [2.24, 2.45) is 0 Å². The molecule has 34 heavy (non-hydrogen) atoms. The number of hydrogen-bond donors (Lipinski definition) is 1. The second-order valence-corrected chi connectivity index (χ2v) is 6.11. The lowest BCUT2D eigenvalue weighted by atomic mass is 10.2.